The molecule has 20 heavy (non-hydrogen) atoms. The third-order valence-corrected chi connectivity index (χ3v) is 3.02. The van der Waals surface area contributed by atoms with Gasteiger partial charge in [-0.15, -0.1) is 0 Å². The lowest BCUT2D eigenvalue weighted by molar-refractivity contribution is 0.112. The van der Waals surface area contributed by atoms with Crippen molar-refractivity contribution in [1.29, 1.82) is 0 Å². The Morgan fingerprint density at radius 3 is 2.70 bits per heavy atom. The average molecular weight is 295 g/mol. The molecular formula is C15H12ClFO3. The molecule has 5 heteroatoms. The summed E-state index contributed by atoms with van der Waals surface area (Å²) in [7, 11) is 1.54. The summed E-state index contributed by atoms with van der Waals surface area (Å²) in [6, 6.07) is 9.14. The van der Waals surface area contributed by atoms with Gasteiger partial charge in [-0.25, -0.2) is 4.39 Å². The number of ether oxygens (including phenoxy) is 2. The number of hydrogen-bond donors (Lipinski definition) is 0. The van der Waals surface area contributed by atoms with Crippen molar-refractivity contribution >= 4 is 17.9 Å². The van der Waals surface area contributed by atoms with Crippen LogP contribution in [0.25, 0.3) is 0 Å². The summed E-state index contributed by atoms with van der Waals surface area (Å²) in [4.78, 5) is 10.8. The Kier molecular flexibility index (Phi) is 4.58. The van der Waals surface area contributed by atoms with Gasteiger partial charge >= 0.3 is 0 Å². The van der Waals surface area contributed by atoms with Crippen LogP contribution in [0, 0.1) is 5.82 Å². The van der Waals surface area contributed by atoms with Gasteiger partial charge in [0.2, 0.25) is 0 Å². The Balaban J connectivity index is 2.17. The van der Waals surface area contributed by atoms with Crippen LogP contribution in [0.5, 0.6) is 11.5 Å². The summed E-state index contributed by atoms with van der Waals surface area (Å²) in [5.41, 5.74) is 1.25. The normalized spacial score (nSPS) is 10.2. The predicted octanol–water partition coefficient (Wildman–Crippen LogP) is 3.88. The molecule has 2 aromatic carbocycles. The molecule has 0 atom stereocenters. The largest absolute Gasteiger partial charge is 0.496 e. The van der Waals surface area contributed by atoms with Gasteiger partial charge in [-0.3, -0.25) is 4.79 Å². The number of carbonyl (C=O) groups is 1. The highest BCUT2D eigenvalue weighted by atomic mass is 35.5. The molecule has 0 unspecified atom stereocenters. The van der Waals surface area contributed by atoms with Crippen molar-refractivity contribution in [2.45, 2.75) is 6.61 Å². The van der Waals surface area contributed by atoms with Crippen molar-refractivity contribution in [2.24, 2.45) is 0 Å². The maximum atomic E-state index is 13.0. The monoisotopic (exact) mass is 294 g/mol. The molecule has 0 aromatic heterocycles. The molecule has 0 aliphatic heterocycles. The van der Waals surface area contributed by atoms with E-state index in [1.54, 1.807) is 18.2 Å². The Labute approximate surface area is 120 Å². The summed E-state index contributed by atoms with van der Waals surface area (Å²) in [5, 5.41) is -0.00360. The zero-order valence-corrected chi connectivity index (χ0v) is 11.5. The first-order chi connectivity index (χ1) is 9.63. The molecule has 0 aliphatic rings. The van der Waals surface area contributed by atoms with Gasteiger partial charge in [0.15, 0.2) is 0 Å². The molecule has 104 valence electrons. The van der Waals surface area contributed by atoms with Crippen LogP contribution in [-0.4, -0.2) is 13.4 Å². The molecule has 0 amide bonds. The van der Waals surface area contributed by atoms with Crippen LogP contribution in [0.1, 0.15) is 15.9 Å². The molecule has 2 rings (SSSR count). The molecule has 0 spiro atoms. The van der Waals surface area contributed by atoms with Crippen molar-refractivity contribution in [2.75, 3.05) is 7.11 Å². The van der Waals surface area contributed by atoms with E-state index in [2.05, 4.69) is 0 Å². The minimum Gasteiger partial charge on any atom is -0.496 e. The minimum absolute atomic E-state index is 0.00360. The van der Waals surface area contributed by atoms with Crippen molar-refractivity contribution in [3.63, 3.8) is 0 Å². The van der Waals surface area contributed by atoms with Crippen LogP contribution >= 0.6 is 11.6 Å². The van der Waals surface area contributed by atoms with E-state index < -0.39 is 5.82 Å². The van der Waals surface area contributed by atoms with Crippen LogP contribution < -0.4 is 9.47 Å². The fraction of sp³-hybridized carbons (Fsp3) is 0.133. The minimum atomic E-state index is -0.500. The lowest BCUT2D eigenvalue weighted by atomic mass is 10.1. The van der Waals surface area contributed by atoms with Gasteiger partial charge in [0, 0.05) is 17.2 Å². The first-order valence-electron chi connectivity index (χ1n) is 5.84. The zero-order valence-electron chi connectivity index (χ0n) is 10.7. The lowest BCUT2D eigenvalue weighted by Crippen LogP contribution is -2.00. The standard InChI is InChI=1S/C15H12ClFO3/c1-19-15-5-2-10(8-18)6-11(15)9-20-12-3-4-14(17)13(16)7-12/h2-8H,9H2,1H3. The number of carbonyl (C=O) groups excluding carboxylic acids is 1. The highest BCUT2D eigenvalue weighted by Crippen LogP contribution is 2.24. The molecule has 0 fully saturated rings. The SMILES string of the molecule is COc1ccc(C=O)cc1COc1ccc(F)c(Cl)c1. The summed E-state index contributed by atoms with van der Waals surface area (Å²) in [6.07, 6.45) is 0.748. The number of hydrogen-bond acceptors (Lipinski definition) is 3. The lowest BCUT2D eigenvalue weighted by Gasteiger charge is -2.11. The van der Waals surface area contributed by atoms with E-state index in [1.807, 2.05) is 0 Å². The molecule has 2 aromatic rings. The third kappa shape index (κ3) is 3.27. The van der Waals surface area contributed by atoms with Gasteiger partial charge in [-0.2, -0.15) is 0 Å². The van der Waals surface area contributed by atoms with E-state index in [1.165, 1.54) is 25.3 Å². The molecule has 0 N–H and O–H groups in total. The fourth-order valence-corrected chi connectivity index (χ4v) is 1.88. The second kappa shape index (κ2) is 6.39. The van der Waals surface area contributed by atoms with Crippen LogP contribution in [0.2, 0.25) is 5.02 Å². The Bertz CT molecular complexity index is 629. The first-order valence-corrected chi connectivity index (χ1v) is 6.22. The Morgan fingerprint density at radius 1 is 1.25 bits per heavy atom. The highest BCUT2D eigenvalue weighted by Gasteiger charge is 2.07. The first kappa shape index (κ1) is 14.3. The second-order valence-electron chi connectivity index (χ2n) is 4.05. The van der Waals surface area contributed by atoms with Crippen molar-refractivity contribution < 1.29 is 18.7 Å². The van der Waals surface area contributed by atoms with Gasteiger partial charge in [0.05, 0.1) is 12.1 Å². The number of aldehydes is 1. The van der Waals surface area contributed by atoms with Crippen LogP contribution in [0.4, 0.5) is 4.39 Å². The quantitative estimate of drug-likeness (QED) is 0.785. The molecule has 0 aliphatic carbocycles. The van der Waals surface area contributed by atoms with E-state index in [9.17, 15) is 9.18 Å². The Hall–Kier alpha value is -2.07. The third-order valence-electron chi connectivity index (χ3n) is 2.73. The summed E-state index contributed by atoms with van der Waals surface area (Å²) >= 11 is 5.68. The van der Waals surface area contributed by atoms with E-state index in [4.69, 9.17) is 21.1 Å². The Morgan fingerprint density at radius 2 is 2.05 bits per heavy atom. The van der Waals surface area contributed by atoms with Gasteiger partial charge in [0.1, 0.15) is 30.2 Å². The molecule has 0 saturated carbocycles. The topological polar surface area (TPSA) is 35.5 Å². The van der Waals surface area contributed by atoms with Gasteiger partial charge in [-0.1, -0.05) is 11.6 Å². The number of benzene rings is 2. The van der Waals surface area contributed by atoms with E-state index in [0.29, 0.717) is 17.1 Å². The zero-order chi connectivity index (χ0) is 14.5. The number of methoxy groups -OCH3 is 1. The fourth-order valence-electron chi connectivity index (χ4n) is 1.71. The summed E-state index contributed by atoms with van der Waals surface area (Å²) in [6.45, 7) is 0.187. The van der Waals surface area contributed by atoms with E-state index in [0.717, 1.165) is 11.8 Å². The van der Waals surface area contributed by atoms with Crippen LogP contribution in [0.15, 0.2) is 36.4 Å². The van der Waals surface area contributed by atoms with Crippen molar-refractivity contribution in [3.05, 3.63) is 58.4 Å². The predicted molar refractivity (Wildman–Crippen MR) is 74.1 cm³/mol. The maximum Gasteiger partial charge on any atom is 0.150 e. The average Bonchev–Trinajstić information content (AvgIpc) is 2.48. The van der Waals surface area contributed by atoms with Crippen LogP contribution in [0.3, 0.4) is 0 Å². The van der Waals surface area contributed by atoms with Crippen molar-refractivity contribution in [3.8, 4) is 11.5 Å². The molecule has 3 nitrogen and oxygen atoms in total. The van der Waals surface area contributed by atoms with Gasteiger partial charge in [0.25, 0.3) is 0 Å². The smallest absolute Gasteiger partial charge is 0.150 e. The number of halogens is 2. The van der Waals surface area contributed by atoms with E-state index >= 15 is 0 Å². The highest BCUT2D eigenvalue weighted by molar-refractivity contribution is 6.30. The number of rotatable bonds is 5. The molecule has 0 heterocycles. The van der Waals surface area contributed by atoms with E-state index in [-0.39, 0.29) is 11.6 Å². The summed E-state index contributed by atoms with van der Waals surface area (Å²) < 4.78 is 23.7. The van der Waals surface area contributed by atoms with Crippen molar-refractivity contribution in [1.82, 2.24) is 0 Å². The summed E-state index contributed by atoms with van der Waals surface area (Å²) in [5.74, 6) is 0.554. The molecule has 0 bridgehead atoms. The van der Waals surface area contributed by atoms with Crippen LogP contribution in [-0.2, 0) is 6.61 Å². The van der Waals surface area contributed by atoms with Gasteiger partial charge < -0.3 is 9.47 Å². The van der Waals surface area contributed by atoms with Gasteiger partial charge in [-0.05, 0) is 30.3 Å². The second-order valence-corrected chi connectivity index (χ2v) is 4.46. The molecule has 0 saturated heterocycles. The molecule has 0 radical (unpaired) electrons. The molecular weight excluding hydrogens is 283 g/mol. The maximum absolute atomic E-state index is 13.0.